The van der Waals surface area contributed by atoms with E-state index in [1.54, 1.807) is 0 Å². The summed E-state index contributed by atoms with van der Waals surface area (Å²) in [5.74, 6) is 0.955. The van der Waals surface area contributed by atoms with Gasteiger partial charge in [0.25, 0.3) is 5.91 Å². The van der Waals surface area contributed by atoms with E-state index in [-0.39, 0.29) is 18.1 Å². The highest BCUT2D eigenvalue weighted by Crippen LogP contribution is 2.29. The zero-order valence-electron chi connectivity index (χ0n) is 21.4. The highest BCUT2D eigenvalue weighted by molar-refractivity contribution is 5.96. The Kier molecular flexibility index (Phi) is 6.53. The first-order chi connectivity index (χ1) is 18.0. The SMILES string of the molecule is Cc1cccc2[nH]c(-c3cccc(-c4cccc(C(=O)N5CCCCC5CN5CCC(O)C5)c4)c3)nc12. The minimum absolute atomic E-state index is 0.107. The molecule has 2 atom stereocenters. The van der Waals surface area contributed by atoms with Crippen LogP contribution in [0.1, 0.15) is 41.6 Å². The molecular weight excluding hydrogens is 460 g/mol. The molecule has 2 aliphatic heterocycles. The zero-order valence-corrected chi connectivity index (χ0v) is 21.4. The fourth-order valence-electron chi connectivity index (χ4n) is 5.89. The Labute approximate surface area is 217 Å². The van der Waals surface area contributed by atoms with Gasteiger partial charge in [-0.1, -0.05) is 42.5 Å². The maximum absolute atomic E-state index is 13.7. The van der Waals surface area contributed by atoms with Crippen LogP contribution >= 0.6 is 0 Å². The van der Waals surface area contributed by atoms with E-state index in [1.807, 2.05) is 30.3 Å². The summed E-state index contributed by atoms with van der Waals surface area (Å²) in [5.41, 5.74) is 7.02. The summed E-state index contributed by atoms with van der Waals surface area (Å²) >= 11 is 0. The molecule has 2 aliphatic rings. The molecule has 3 heterocycles. The summed E-state index contributed by atoms with van der Waals surface area (Å²) in [4.78, 5) is 26.4. The standard InChI is InChI=1S/C31H34N4O2/c1-21-7-4-13-28-29(21)33-30(32-28)24-10-5-8-22(17-24)23-9-6-11-25(18-23)31(37)35-15-3-2-12-26(35)19-34-16-14-27(36)20-34/h4-11,13,17-18,26-27,36H,2-3,12,14-16,19-20H2,1H3,(H,32,33). The Balaban J connectivity index is 1.25. The number of para-hydroxylation sites is 1. The molecular formula is C31H34N4O2. The van der Waals surface area contributed by atoms with Gasteiger partial charge in [-0.25, -0.2) is 4.98 Å². The Morgan fingerprint density at radius 3 is 2.57 bits per heavy atom. The number of β-amino-alcohol motifs (C(OH)–C–C–N with tert-alkyl or cyclic N) is 1. The van der Waals surface area contributed by atoms with Crippen LogP contribution in [0.3, 0.4) is 0 Å². The van der Waals surface area contributed by atoms with Gasteiger partial charge >= 0.3 is 0 Å². The van der Waals surface area contributed by atoms with Crippen molar-refractivity contribution in [3.8, 4) is 22.5 Å². The van der Waals surface area contributed by atoms with Crippen molar-refractivity contribution in [2.24, 2.45) is 0 Å². The molecule has 6 nitrogen and oxygen atoms in total. The van der Waals surface area contributed by atoms with E-state index in [4.69, 9.17) is 4.98 Å². The van der Waals surface area contributed by atoms with Crippen molar-refractivity contribution >= 4 is 16.9 Å². The summed E-state index contributed by atoms with van der Waals surface area (Å²) in [6.45, 7) is 5.35. The van der Waals surface area contributed by atoms with Crippen LogP contribution in [-0.2, 0) is 0 Å². The van der Waals surface area contributed by atoms with Crippen molar-refractivity contribution in [3.63, 3.8) is 0 Å². The quantitative estimate of drug-likeness (QED) is 0.397. The highest BCUT2D eigenvalue weighted by Gasteiger charge is 2.31. The lowest BCUT2D eigenvalue weighted by molar-refractivity contribution is 0.0552. The number of hydrogen-bond acceptors (Lipinski definition) is 4. The number of fused-ring (bicyclic) bond motifs is 1. The van der Waals surface area contributed by atoms with Crippen molar-refractivity contribution < 1.29 is 9.90 Å². The molecule has 6 heteroatoms. The van der Waals surface area contributed by atoms with Crippen molar-refractivity contribution in [2.75, 3.05) is 26.2 Å². The predicted octanol–water partition coefficient (Wildman–Crippen LogP) is 5.27. The monoisotopic (exact) mass is 494 g/mol. The summed E-state index contributed by atoms with van der Waals surface area (Å²) in [6.07, 6.45) is 3.82. The van der Waals surface area contributed by atoms with Crippen molar-refractivity contribution in [3.05, 3.63) is 77.9 Å². The Morgan fingerprint density at radius 2 is 1.76 bits per heavy atom. The summed E-state index contributed by atoms with van der Waals surface area (Å²) < 4.78 is 0. The maximum Gasteiger partial charge on any atom is 0.254 e. The van der Waals surface area contributed by atoms with Gasteiger partial charge in [0.2, 0.25) is 0 Å². The van der Waals surface area contributed by atoms with E-state index in [2.05, 4.69) is 58.1 Å². The number of likely N-dealkylation sites (tertiary alicyclic amines) is 2. The lowest BCUT2D eigenvalue weighted by Gasteiger charge is -2.38. The molecule has 0 radical (unpaired) electrons. The molecule has 1 aromatic heterocycles. The van der Waals surface area contributed by atoms with Crippen LogP contribution < -0.4 is 0 Å². The van der Waals surface area contributed by atoms with E-state index in [0.717, 1.165) is 96.5 Å². The number of imidazole rings is 1. The van der Waals surface area contributed by atoms with E-state index >= 15 is 0 Å². The summed E-state index contributed by atoms with van der Waals surface area (Å²) in [6, 6.07) is 22.7. The molecule has 2 fully saturated rings. The number of aliphatic hydroxyl groups is 1. The molecule has 2 N–H and O–H groups in total. The van der Waals surface area contributed by atoms with E-state index in [9.17, 15) is 9.90 Å². The van der Waals surface area contributed by atoms with Crippen LogP contribution in [0.15, 0.2) is 66.7 Å². The first-order valence-corrected chi connectivity index (χ1v) is 13.4. The van der Waals surface area contributed by atoms with E-state index in [0.29, 0.717) is 0 Å². The number of carbonyl (C=O) groups excluding carboxylic acids is 1. The van der Waals surface area contributed by atoms with Crippen molar-refractivity contribution in [1.82, 2.24) is 19.8 Å². The second-order valence-corrected chi connectivity index (χ2v) is 10.6. The number of nitrogens with zero attached hydrogens (tertiary/aromatic N) is 3. The smallest absolute Gasteiger partial charge is 0.254 e. The third-order valence-corrected chi connectivity index (χ3v) is 7.90. The van der Waals surface area contributed by atoms with E-state index in [1.165, 1.54) is 0 Å². The summed E-state index contributed by atoms with van der Waals surface area (Å²) in [5, 5.41) is 9.93. The average molecular weight is 495 g/mol. The fraction of sp³-hybridized carbons (Fsp3) is 0.355. The second kappa shape index (κ2) is 10.1. The van der Waals surface area contributed by atoms with Gasteiger partial charge in [-0.15, -0.1) is 0 Å². The number of aliphatic hydroxyl groups excluding tert-OH is 1. The molecule has 37 heavy (non-hydrogen) atoms. The van der Waals surface area contributed by atoms with Gasteiger partial charge in [0.1, 0.15) is 5.82 Å². The molecule has 0 spiro atoms. The lowest BCUT2D eigenvalue weighted by atomic mass is 9.98. The van der Waals surface area contributed by atoms with E-state index < -0.39 is 0 Å². The number of carbonyl (C=O) groups is 1. The molecule has 190 valence electrons. The number of aromatic nitrogens is 2. The molecule has 4 aromatic rings. The number of nitrogens with one attached hydrogen (secondary N) is 1. The predicted molar refractivity (Wildman–Crippen MR) is 147 cm³/mol. The van der Waals surface area contributed by atoms with Crippen LogP contribution in [0.5, 0.6) is 0 Å². The first-order valence-electron chi connectivity index (χ1n) is 13.4. The Morgan fingerprint density at radius 1 is 0.973 bits per heavy atom. The van der Waals surface area contributed by atoms with Crippen LogP contribution in [0.4, 0.5) is 0 Å². The minimum Gasteiger partial charge on any atom is -0.392 e. The third-order valence-electron chi connectivity index (χ3n) is 7.90. The number of benzene rings is 3. The fourth-order valence-corrected chi connectivity index (χ4v) is 5.89. The number of H-pyrrole nitrogens is 1. The Bertz CT molecular complexity index is 1430. The molecule has 0 saturated carbocycles. The molecule has 3 aromatic carbocycles. The number of hydrogen-bond donors (Lipinski definition) is 2. The van der Waals surface area contributed by atoms with Gasteiger partial charge in [0.05, 0.1) is 17.1 Å². The Hall–Kier alpha value is -3.48. The lowest BCUT2D eigenvalue weighted by Crippen LogP contribution is -2.49. The number of piperidine rings is 1. The zero-order chi connectivity index (χ0) is 25.4. The summed E-state index contributed by atoms with van der Waals surface area (Å²) in [7, 11) is 0. The molecule has 2 saturated heterocycles. The first kappa shape index (κ1) is 23.9. The number of amides is 1. The van der Waals surface area contributed by atoms with Crippen LogP contribution in [0.25, 0.3) is 33.5 Å². The molecule has 0 aliphatic carbocycles. The van der Waals surface area contributed by atoms with Gasteiger partial charge in [-0.05, 0) is 73.6 Å². The van der Waals surface area contributed by atoms with Gasteiger partial charge in [0, 0.05) is 43.3 Å². The minimum atomic E-state index is -0.233. The van der Waals surface area contributed by atoms with Crippen molar-refractivity contribution in [2.45, 2.75) is 44.8 Å². The molecule has 0 bridgehead atoms. The van der Waals surface area contributed by atoms with Gasteiger partial charge in [-0.2, -0.15) is 0 Å². The van der Waals surface area contributed by atoms with Gasteiger partial charge in [0.15, 0.2) is 0 Å². The highest BCUT2D eigenvalue weighted by atomic mass is 16.3. The molecule has 2 unspecified atom stereocenters. The van der Waals surface area contributed by atoms with Crippen molar-refractivity contribution in [1.29, 1.82) is 0 Å². The number of aromatic amines is 1. The maximum atomic E-state index is 13.7. The largest absolute Gasteiger partial charge is 0.392 e. The number of aryl methyl sites for hydroxylation is 1. The van der Waals surface area contributed by atoms with Gasteiger partial charge in [-0.3, -0.25) is 9.69 Å². The van der Waals surface area contributed by atoms with Crippen LogP contribution in [0.2, 0.25) is 0 Å². The molecule has 6 rings (SSSR count). The molecule has 1 amide bonds. The van der Waals surface area contributed by atoms with Crippen LogP contribution in [0, 0.1) is 6.92 Å². The number of rotatable bonds is 5. The second-order valence-electron chi connectivity index (χ2n) is 10.6. The topological polar surface area (TPSA) is 72.5 Å². The third kappa shape index (κ3) is 4.91. The van der Waals surface area contributed by atoms with Crippen LogP contribution in [-0.4, -0.2) is 69.1 Å². The normalized spacial score (nSPS) is 20.5. The van der Waals surface area contributed by atoms with Gasteiger partial charge < -0.3 is 15.0 Å². The average Bonchev–Trinajstić information content (AvgIpc) is 3.56.